The fourth-order valence-electron chi connectivity index (χ4n) is 5.41. The van der Waals surface area contributed by atoms with Crippen molar-refractivity contribution in [3.05, 3.63) is 89.2 Å². The summed E-state index contributed by atoms with van der Waals surface area (Å²) in [5.41, 5.74) is -2.74. The molecule has 4 aromatic rings. The SMILES string of the molecule is CCS(=O)(=O)c1cc2cc(CC(O)(CC(C)(C)c3ccccc3C(=O)N[C@@H](C)c3ccc(OC)cc3)C(F)(F)F)[nH]c2cn1. The molecule has 236 valence electrons. The van der Waals surface area contributed by atoms with Crippen LogP contribution in [0.3, 0.4) is 0 Å². The van der Waals surface area contributed by atoms with Gasteiger partial charge in [-0.15, -0.1) is 0 Å². The number of hydrogen-bond donors (Lipinski definition) is 3. The molecule has 0 aliphatic carbocycles. The molecule has 0 saturated carbocycles. The van der Waals surface area contributed by atoms with Crippen LogP contribution in [0.4, 0.5) is 13.2 Å². The Bertz CT molecular complexity index is 1750. The summed E-state index contributed by atoms with van der Waals surface area (Å²) in [6, 6.07) is 15.9. The molecular formula is C32H36F3N3O5S. The molecule has 0 saturated heterocycles. The van der Waals surface area contributed by atoms with Crippen molar-refractivity contribution < 1.29 is 36.2 Å². The number of nitrogens with zero attached hydrogens (tertiary/aromatic N) is 1. The number of amides is 1. The normalized spacial score (nSPS) is 14.7. The Balaban J connectivity index is 1.62. The summed E-state index contributed by atoms with van der Waals surface area (Å²) in [7, 11) is -2.07. The number of H-pyrrole nitrogens is 1. The lowest BCUT2D eigenvalue weighted by molar-refractivity contribution is -0.266. The molecule has 2 atom stereocenters. The standard InChI is InChI=1S/C32H36F3N3O5S/c1-6-44(41,42)28-16-22-15-23(38-27(22)18-36-28)17-31(40,32(33,34)35)19-30(3,4)26-10-8-7-9-25(26)29(39)37-20(2)21-11-13-24(43-5)14-12-21/h7-16,18,20,38,40H,6,17,19H2,1-5H3,(H,37,39)/t20-,31?/m0/s1. The molecule has 0 fully saturated rings. The van der Waals surface area contributed by atoms with Gasteiger partial charge in [-0.3, -0.25) is 4.79 Å². The van der Waals surface area contributed by atoms with Crippen molar-refractivity contribution in [1.29, 1.82) is 0 Å². The Morgan fingerprint density at radius 2 is 1.75 bits per heavy atom. The van der Waals surface area contributed by atoms with Gasteiger partial charge in [-0.2, -0.15) is 13.2 Å². The topological polar surface area (TPSA) is 121 Å². The average molecular weight is 632 g/mol. The predicted molar refractivity (Wildman–Crippen MR) is 161 cm³/mol. The van der Waals surface area contributed by atoms with Gasteiger partial charge in [-0.05, 0) is 60.2 Å². The van der Waals surface area contributed by atoms with Crippen molar-refractivity contribution in [2.75, 3.05) is 12.9 Å². The number of sulfone groups is 1. The number of benzene rings is 2. The first kappa shape index (κ1) is 33.0. The summed E-state index contributed by atoms with van der Waals surface area (Å²) < 4.78 is 73.4. The second-order valence-corrected chi connectivity index (χ2v) is 13.8. The molecule has 0 radical (unpaired) electrons. The quantitative estimate of drug-likeness (QED) is 0.185. The lowest BCUT2D eigenvalue weighted by Gasteiger charge is -2.38. The lowest BCUT2D eigenvalue weighted by Crippen LogP contribution is -2.51. The maximum atomic E-state index is 14.6. The minimum atomic E-state index is -5.03. The van der Waals surface area contributed by atoms with Crippen LogP contribution >= 0.6 is 0 Å². The smallest absolute Gasteiger partial charge is 0.417 e. The number of aromatic amines is 1. The van der Waals surface area contributed by atoms with Crippen LogP contribution in [0, 0.1) is 0 Å². The van der Waals surface area contributed by atoms with Crippen molar-refractivity contribution in [2.45, 2.75) is 68.8 Å². The number of pyridine rings is 1. The van der Waals surface area contributed by atoms with Crippen LogP contribution in [0.1, 0.15) is 67.3 Å². The Kier molecular flexibility index (Phi) is 9.18. The summed E-state index contributed by atoms with van der Waals surface area (Å²) in [5.74, 6) is 0.0225. The highest BCUT2D eigenvalue weighted by atomic mass is 32.2. The third-order valence-electron chi connectivity index (χ3n) is 7.84. The number of carbonyl (C=O) groups is 1. The Hall–Kier alpha value is -3.90. The van der Waals surface area contributed by atoms with Gasteiger partial charge in [0.15, 0.2) is 20.5 Å². The molecular weight excluding hydrogens is 595 g/mol. The van der Waals surface area contributed by atoms with Gasteiger partial charge in [0.05, 0.1) is 30.6 Å². The van der Waals surface area contributed by atoms with Gasteiger partial charge in [0.25, 0.3) is 5.91 Å². The maximum Gasteiger partial charge on any atom is 0.417 e. The third kappa shape index (κ3) is 6.91. The average Bonchev–Trinajstić information content (AvgIpc) is 3.37. The molecule has 1 amide bonds. The molecule has 4 rings (SSSR count). The number of rotatable bonds is 11. The summed E-state index contributed by atoms with van der Waals surface area (Å²) in [5, 5.41) is 14.3. The molecule has 0 spiro atoms. The van der Waals surface area contributed by atoms with Crippen molar-refractivity contribution in [3.8, 4) is 5.75 Å². The Labute approximate surface area is 254 Å². The van der Waals surface area contributed by atoms with Crippen molar-refractivity contribution in [2.24, 2.45) is 0 Å². The van der Waals surface area contributed by atoms with Crippen LogP contribution in [-0.4, -0.2) is 54.0 Å². The number of carbonyl (C=O) groups excluding carboxylic acids is 1. The molecule has 8 nitrogen and oxygen atoms in total. The van der Waals surface area contributed by atoms with Gasteiger partial charge in [0, 0.05) is 23.1 Å². The van der Waals surface area contributed by atoms with E-state index in [4.69, 9.17) is 4.74 Å². The first-order chi connectivity index (χ1) is 20.5. The zero-order chi connectivity index (χ0) is 32.5. The van der Waals surface area contributed by atoms with Crippen molar-refractivity contribution >= 4 is 26.6 Å². The number of nitrogens with one attached hydrogen (secondary N) is 2. The lowest BCUT2D eigenvalue weighted by atomic mass is 9.72. The van der Waals surface area contributed by atoms with E-state index in [1.807, 2.05) is 12.1 Å². The summed E-state index contributed by atoms with van der Waals surface area (Å²) >= 11 is 0. The van der Waals surface area contributed by atoms with Crippen molar-refractivity contribution in [3.63, 3.8) is 0 Å². The largest absolute Gasteiger partial charge is 0.497 e. The summed E-state index contributed by atoms with van der Waals surface area (Å²) in [4.78, 5) is 20.2. The van der Waals surface area contributed by atoms with Crippen molar-refractivity contribution in [1.82, 2.24) is 15.3 Å². The van der Waals surface area contributed by atoms with Crippen LogP contribution in [0.2, 0.25) is 0 Å². The second kappa shape index (κ2) is 12.2. The van der Waals surface area contributed by atoms with Gasteiger partial charge in [0.2, 0.25) is 0 Å². The van der Waals surface area contributed by atoms with E-state index in [2.05, 4.69) is 15.3 Å². The van der Waals surface area contributed by atoms with E-state index >= 15 is 0 Å². The zero-order valence-electron chi connectivity index (χ0n) is 25.1. The number of ether oxygens (including phenoxy) is 1. The number of aliphatic hydroxyl groups is 1. The van der Waals surface area contributed by atoms with Crippen LogP contribution in [0.5, 0.6) is 5.75 Å². The molecule has 2 aromatic carbocycles. The minimum Gasteiger partial charge on any atom is -0.497 e. The highest BCUT2D eigenvalue weighted by Crippen LogP contribution is 2.44. The van der Waals surface area contributed by atoms with E-state index in [0.29, 0.717) is 22.2 Å². The molecule has 0 bridgehead atoms. The van der Waals surface area contributed by atoms with Gasteiger partial charge in [-0.25, -0.2) is 13.4 Å². The molecule has 2 aromatic heterocycles. The molecule has 44 heavy (non-hydrogen) atoms. The van der Waals surface area contributed by atoms with E-state index in [1.165, 1.54) is 25.3 Å². The molecule has 0 aliphatic heterocycles. The first-order valence-electron chi connectivity index (χ1n) is 14.0. The fourth-order valence-corrected chi connectivity index (χ4v) is 6.23. The van der Waals surface area contributed by atoms with Crippen LogP contribution in [0.25, 0.3) is 10.9 Å². The highest BCUT2D eigenvalue weighted by molar-refractivity contribution is 7.91. The highest BCUT2D eigenvalue weighted by Gasteiger charge is 2.56. The summed E-state index contributed by atoms with van der Waals surface area (Å²) in [6.45, 7) is 6.38. The van der Waals surface area contributed by atoms with Crippen LogP contribution in [0.15, 0.2) is 71.9 Å². The summed E-state index contributed by atoms with van der Waals surface area (Å²) in [6.07, 6.45) is -5.37. The van der Waals surface area contributed by atoms with Gasteiger partial charge in [-0.1, -0.05) is 51.1 Å². The van der Waals surface area contributed by atoms with E-state index < -0.39 is 51.8 Å². The molecule has 1 unspecified atom stereocenters. The first-order valence-corrected chi connectivity index (χ1v) is 15.7. The van der Waals surface area contributed by atoms with Crippen LogP contribution < -0.4 is 10.1 Å². The van der Waals surface area contributed by atoms with E-state index in [1.54, 1.807) is 64.3 Å². The molecule has 12 heteroatoms. The monoisotopic (exact) mass is 631 g/mol. The molecule has 3 N–H and O–H groups in total. The van der Waals surface area contributed by atoms with Gasteiger partial charge >= 0.3 is 6.18 Å². The Morgan fingerprint density at radius 3 is 2.36 bits per heavy atom. The number of hydrogen-bond acceptors (Lipinski definition) is 6. The van der Waals surface area contributed by atoms with Gasteiger partial charge in [0.1, 0.15) is 5.75 Å². The number of aromatic nitrogens is 2. The third-order valence-corrected chi connectivity index (χ3v) is 9.46. The number of alkyl halides is 3. The number of methoxy groups -OCH3 is 1. The van der Waals surface area contributed by atoms with Gasteiger partial charge < -0.3 is 20.1 Å². The maximum absolute atomic E-state index is 14.6. The predicted octanol–water partition coefficient (Wildman–Crippen LogP) is 6.06. The Morgan fingerprint density at radius 1 is 1.09 bits per heavy atom. The van der Waals surface area contributed by atoms with E-state index in [0.717, 1.165) is 5.56 Å². The number of halogens is 3. The minimum absolute atomic E-state index is 0.0582. The molecule has 2 heterocycles. The fraction of sp³-hybridized carbons (Fsp3) is 0.375. The van der Waals surface area contributed by atoms with E-state index in [9.17, 15) is 31.5 Å². The van der Waals surface area contributed by atoms with E-state index in [-0.39, 0.29) is 22.0 Å². The van der Waals surface area contributed by atoms with Crippen LogP contribution in [-0.2, 0) is 21.7 Å². The second-order valence-electron chi connectivity index (χ2n) is 11.6. The molecule has 0 aliphatic rings. The number of fused-ring (bicyclic) bond motifs is 1. The zero-order valence-corrected chi connectivity index (χ0v) is 25.9.